The van der Waals surface area contributed by atoms with Crippen LogP contribution in [0.1, 0.15) is 58.9 Å². The van der Waals surface area contributed by atoms with Crippen molar-refractivity contribution < 1.29 is 9.90 Å². The number of aromatic carboxylic acids is 1. The lowest BCUT2D eigenvalue weighted by molar-refractivity contribution is 0.0697. The van der Waals surface area contributed by atoms with Crippen LogP contribution in [0, 0.1) is 19.8 Å². The summed E-state index contributed by atoms with van der Waals surface area (Å²) in [5, 5.41) is 10.5. The van der Waals surface area contributed by atoms with Crippen LogP contribution in [0.4, 0.5) is 0 Å². The highest BCUT2D eigenvalue weighted by Crippen LogP contribution is 2.38. The van der Waals surface area contributed by atoms with E-state index in [4.69, 9.17) is 4.98 Å². The Hall–Kier alpha value is -1.90. The number of carboxylic acid groups (broad SMARTS) is 1. The first kappa shape index (κ1) is 14.1. The van der Waals surface area contributed by atoms with E-state index in [1.807, 2.05) is 26.0 Å². The molecule has 1 aliphatic rings. The summed E-state index contributed by atoms with van der Waals surface area (Å²) >= 11 is 0. The van der Waals surface area contributed by atoms with E-state index in [1.165, 1.54) is 0 Å². The predicted molar refractivity (Wildman–Crippen MR) is 84.1 cm³/mol. The van der Waals surface area contributed by atoms with Crippen molar-refractivity contribution in [2.45, 2.75) is 46.5 Å². The molecule has 1 aliphatic carbocycles. The number of benzene rings is 1. The van der Waals surface area contributed by atoms with Gasteiger partial charge in [-0.25, -0.2) is 4.79 Å². The minimum atomic E-state index is -0.830. The summed E-state index contributed by atoms with van der Waals surface area (Å²) in [7, 11) is 0. The van der Waals surface area contributed by atoms with Gasteiger partial charge in [0.2, 0.25) is 0 Å². The molecule has 0 aliphatic heterocycles. The largest absolute Gasteiger partial charge is 0.478 e. The minimum Gasteiger partial charge on any atom is -0.478 e. The third kappa shape index (κ3) is 2.11. The maximum atomic E-state index is 11.9. The van der Waals surface area contributed by atoms with Crippen molar-refractivity contribution in [3.8, 4) is 0 Å². The first-order valence-corrected chi connectivity index (χ1v) is 7.56. The van der Waals surface area contributed by atoms with E-state index in [2.05, 4.69) is 13.8 Å². The van der Waals surface area contributed by atoms with Crippen molar-refractivity contribution >= 4 is 16.9 Å². The lowest BCUT2D eigenvalue weighted by atomic mass is 9.78. The van der Waals surface area contributed by atoms with Gasteiger partial charge in [0.1, 0.15) is 0 Å². The summed E-state index contributed by atoms with van der Waals surface area (Å²) in [6.07, 6.45) is 1.90. The maximum absolute atomic E-state index is 11.9. The Labute approximate surface area is 125 Å². The third-order valence-corrected chi connectivity index (χ3v) is 4.80. The van der Waals surface area contributed by atoms with Gasteiger partial charge < -0.3 is 5.11 Å². The van der Waals surface area contributed by atoms with Crippen molar-refractivity contribution in [1.82, 2.24) is 4.98 Å². The van der Waals surface area contributed by atoms with Gasteiger partial charge in [-0.05, 0) is 55.2 Å². The molecule has 0 saturated heterocycles. The number of pyridine rings is 1. The molecular formula is C18H21NO2. The molecule has 0 spiro atoms. The summed E-state index contributed by atoms with van der Waals surface area (Å²) in [6.45, 7) is 8.42. The van der Waals surface area contributed by atoms with E-state index in [0.29, 0.717) is 17.4 Å². The van der Waals surface area contributed by atoms with Crippen LogP contribution in [-0.4, -0.2) is 16.1 Å². The highest BCUT2D eigenvalue weighted by atomic mass is 16.4. The smallest absolute Gasteiger partial charge is 0.336 e. The highest BCUT2D eigenvalue weighted by molar-refractivity contribution is 6.05. The van der Waals surface area contributed by atoms with Gasteiger partial charge in [0.05, 0.1) is 11.1 Å². The van der Waals surface area contributed by atoms with E-state index in [0.717, 1.165) is 46.1 Å². The van der Waals surface area contributed by atoms with Crippen LogP contribution >= 0.6 is 0 Å². The second kappa shape index (κ2) is 4.83. The van der Waals surface area contributed by atoms with Crippen LogP contribution in [0.3, 0.4) is 0 Å². The molecule has 1 heterocycles. The molecule has 21 heavy (non-hydrogen) atoms. The Morgan fingerprint density at radius 1 is 1.29 bits per heavy atom. The first-order valence-electron chi connectivity index (χ1n) is 7.56. The fourth-order valence-electron chi connectivity index (χ4n) is 3.63. The summed E-state index contributed by atoms with van der Waals surface area (Å²) in [6, 6.07) is 3.91. The monoisotopic (exact) mass is 283 g/mol. The lowest BCUT2D eigenvalue weighted by Crippen LogP contribution is -2.20. The Kier molecular flexibility index (Phi) is 3.23. The summed E-state index contributed by atoms with van der Waals surface area (Å²) in [5.41, 5.74) is 5.51. The van der Waals surface area contributed by atoms with Gasteiger partial charge in [-0.15, -0.1) is 0 Å². The van der Waals surface area contributed by atoms with Gasteiger partial charge in [-0.2, -0.15) is 0 Å². The molecule has 2 atom stereocenters. The molecule has 110 valence electrons. The van der Waals surface area contributed by atoms with Crippen LogP contribution in [0.25, 0.3) is 10.9 Å². The van der Waals surface area contributed by atoms with E-state index in [-0.39, 0.29) is 0 Å². The molecule has 0 bridgehead atoms. The topological polar surface area (TPSA) is 50.2 Å². The standard InChI is InChI=1S/C18H21NO2/c1-9-7-11(3)16-14(8-9)15(18(20)21)13-6-5-10(2)12(4)17(13)19-16/h5-6,9,11H,7-8H2,1-4H3,(H,20,21). The van der Waals surface area contributed by atoms with Crippen molar-refractivity contribution in [3.05, 3.63) is 40.1 Å². The van der Waals surface area contributed by atoms with E-state index >= 15 is 0 Å². The third-order valence-electron chi connectivity index (χ3n) is 4.80. The van der Waals surface area contributed by atoms with Gasteiger partial charge in [-0.3, -0.25) is 4.98 Å². The highest BCUT2D eigenvalue weighted by Gasteiger charge is 2.29. The molecular weight excluding hydrogens is 262 g/mol. The van der Waals surface area contributed by atoms with Gasteiger partial charge >= 0.3 is 5.97 Å². The average molecular weight is 283 g/mol. The molecule has 2 aromatic rings. The number of hydrogen-bond donors (Lipinski definition) is 1. The zero-order valence-electron chi connectivity index (χ0n) is 13.0. The number of hydrogen-bond acceptors (Lipinski definition) is 2. The molecule has 0 fully saturated rings. The van der Waals surface area contributed by atoms with Crippen LogP contribution in [0.15, 0.2) is 12.1 Å². The van der Waals surface area contributed by atoms with Crippen molar-refractivity contribution in [1.29, 1.82) is 0 Å². The second-order valence-electron chi connectivity index (χ2n) is 6.51. The molecule has 1 N–H and O–H groups in total. The zero-order valence-corrected chi connectivity index (χ0v) is 13.0. The molecule has 3 nitrogen and oxygen atoms in total. The van der Waals surface area contributed by atoms with Gasteiger partial charge in [0.15, 0.2) is 0 Å². The van der Waals surface area contributed by atoms with Crippen molar-refractivity contribution in [3.63, 3.8) is 0 Å². The number of rotatable bonds is 1. The van der Waals surface area contributed by atoms with Gasteiger partial charge in [-0.1, -0.05) is 26.0 Å². The summed E-state index contributed by atoms with van der Waals surface area (Å²) in [5.74, 6) is 0.00533. The SMILES string of the molecule is Cc1ccc2c(C(=O)O)c3c(nc2c1C)C(C)CC(C)C3. The van der Waals surface area contributed by atoms with E-state index in [9.17, 15) is 9.90 Å². The fraction of sp³-hybridized carbons (Fsp3) is 0.444. The number of carbonyl (C=O) groups is 1. The molecule has 1 aromatic carbocycles. The Bertz CT molecular complexity index is 749. The summed E-state index contributed by atoms with van der Waals surface area (Å²) in [4.78, 5) is 16.7. The molecule has 0 saturated carbocycles. The maximum Gasteiger partial charge on any atom is 0.336 e. The fourth-order valence-corrected chi connectivity index (χ4v) is 3.63. The van der Waals surface area contributed by atoms with Crippen molar-refractivity contribution in [2.75, 3.05) is 0 Å². The summed E-state index contributed by atoms with van der Waals surface area (Å²) < 4.78 is 0. The number of carboxylic acids is 1. The van der Waals surface area contributed by atoms with Crippen LogP contribution < -0.4 is 0 Å². The Morgan fingerprint density at radius 2 is 2.00 bits per heavy atom. The van der Waals surface area contributed by atoms with Gasteiger partial charge in [0.25, 0.3) is 0 Å². The molecule has 0 amide bonds. The normalized spacial score (nSPS) is 21.3. The van der Waals surface area contributed by atoms with Crippen LogP contribution in [-0.2, 0) is 6.42 Å². The number of aromatic nitrogens is 1. The number of fused-ring (bicyclic) bond motifs is 2. The molecule has 0 radical (unpaired) electrons. The van der Waals surface area contributed by atoms with Crippen LogP contribution in [0.5, 0.6) is 0 Å². The number of nitrogens with zero attached hydrogens (tertiary/aromatic N) is 1. The second-order valence-corrected chi connectivity index (χ2v) is 6.51. The minimum absolute atomic E-state index is 0.325. The predicted octanol–water partition coefficient (Wildman–Crippen LogP) is 4.24. The van der Waals surface area contributed by atoms with E-state index in [1.54, 1.807) is 0 Å². The molecule has 1 aromatic heterocycles. The van der Waals surface area contributed by atoms with Crippen LogP contribution in [0.2, 0.25) is 0 Å². The quantitative estimate of drug-likeness (QED) is 0.851. The number of aryl methyl sites for hydroxylation is 2. The van der Waals surface area contributed by atoms with Gasteiger partial charge in [0, 0.05) is 11.1 Å². The Morgan fingerprint density at radius 3 is 2.67 bits per heavy atom. The van der Waals surface area contributed by atoms with Crippen molar-refractivity contribution in [2.24, 2.45) is 5.92 Å². The molecule has 3 rings (SSSR count). The first-order chi connectivity index (χ1) is 9.90. The lowest BCUT2D eigenvalue weighted by Gasteiger charge is -2.28. The molecule has 2 unspecified atom stereocenters. The molecule has 3 heteroatoms. The average Bonchev–Trinajstić information content (AvgIpc) is 2.41. The van der Waals surface area contributed by atoms with E-state index < -0.39 is 5.97 Å². The zero-order chi connectivity index (χ0) is 15.3. The Balaban J connectivity index is 2.44.